The number of amides is 3. The van der Waals surface area contributed by atoms with Gasteiger partial charge < -0.3 is 31.2 Å². The van der Waals surface area contributed by atoms with Crippen molar-refractivity contribution in [1.29, 1.82) is 0 Å². The van der Waals surface area contributed by atoms with Gasteiger partial charge in [-0.1, -0.05) is 38.5 Å². The molecule has 0 spiro atoms. The van der Waals surface area contributed by atoms with Crippen LogP contribution in [0.3, 0.4) is 0 Å². The van der Waals surface area contributed by atoms with Crippen LogP contribution in [0.25, 0.3) is 10.9 Å². The van der Waals surface area contributed by atoms with Gasteiger partial charge in [0.15, 0.2) is 0 Å². The van der Waals surface area contributed by atoms with Gasteiger partial charge in [-0.15, -0.1) is 0 Å². The molecule has 0 bridgehead atoms. The van der Waals surface area contributed by atoms with E-state index < -0.39 is 17.9 Å². The molecule has 1 aliphatic rings. The lowest BCUT2D eigenvalue weighted by molar-refractivity contribution is -0.133. The summed E-state index contributed by atoms with van der Waals surface area (Å²) < 4.78 is 0. The van der Waals surface area contributed by atoms with Gasteiger partial charge in [0.1, 0.15) is 0 Å². The fraction of sp³-hybridized carbons (Fsp3) is 0.481. The zero-order chi connectivity index (χ0) is 26.4. The molecular weight excluding hydrogens is 470 g/mol. The monoisotopic (exact) mass is 507 g/mol. The smallest absolute Gasteiger partial charge is 0.239 e. The lowest BCUT2D eigenvalue weighted by Crippen LogP contribution is -2.46. The SMILES string of the molecule is CC[C@H](C)[C@H](N)C(=O)N1C[C@@H](C(=O)NCCc2cnc[nH]2)[C@H](C(=O)NCCc2c[nH]c3ccccc23)C1. The van der Waals surface area contributed by atoms with Crippen molar-refractivity contribution < 1.29 is 14.4 Å². The van der Waals surface area contributed by atoms with Gasteiger partial charge in [0, 0.05) is 61.6 Å². The number of carbonyl (C=O) groups is 3. The van der Waals surface area contributed by atoms with Gasteiger partial charge in [-0.3, -0.25) is 14.4 Å². The number of fused-ring (bicyclic) bond motifs is 1. The molecule has 0 unspecified atom stereocenters. The molecule has 1 aromatic carbocycles. The minimum Gasteiger partial charge on any atom is -0.361 e. The highest BCUT2D eigenvalue weighted by molar-refractivity contribution is 5.91. The topological polar surface area (TPSA) is 149 Å². The molecule has 10 nitrogen and oxygen atoms in total. The Labute approximate surface area is 216 Å². The second-order valence-electron chi connectivity index (χ2n) is 9.89. The number of benzene rings is 1. The molecule has 198 valence electrons. The zero-order valence-corrected chi connectivity index (χ0v) is 21.5. The third kappa shape index (κ3) is 6.19. The number of hydrogen-bond donors (Lipinski definition) is 5. The first-order chi connectivity index (χ1) is 17.9. The summed E-state index contributed by atoms with van der Waals surface area (Å²) in [5.41, 5.74) is 9.29. The van der Waals surface area contributed by atoms with Crippen LogP contribution in [0.2, 0.25) is 0 Å². The second kappa shape index (κ2) is 12.1. The van der Waals surface area contributed by atoms with Crippen LogP contribution < -0.4 is 16.4 Å². The molecule has 2 aromatic heterocycles. The number of nitrogens with two attached hydrogens (primary N) is 1. The maximum absolute atomic E-state index is 13.3. The molecule has 1 saturated heterocycles. The number of para-hydroxylation sites is 1. The average molecular weight is 508 g/mol. The summed E-state index contributed by atoms with van der Waals surface area (Å²) in [5.74, 6) is -1.92. The molecule has 37 heavy (non-hydrogen) atoms. The third-order valence-corrected chi connectivity index (χ3v) is 7.46. The van der Waals surface area contributed by atoms with Crippen molar-refractivity contribution in [2.75, 3.05) is 26.2 Å². The lowest BCUT2D eigenvalue weighted by atomic mass is 9.94. The van der Waals surface area contributed by atoms with Gasteiger partial charge in [0.2, 0.25) is 17.7 Å². The summed E-state index contributed by atoms with van der Waals surface area (Å²) in [5, 5.41) is 7.05. The lowest BCUT2D eigenvalue weighted by Gasteiger charge is -2.24. The van der Waals surface area contributed by atoms with Crippen LogP contribution in [0.1, 0.15) is 31.5 Å². The fourth-order valence-electron chi connectivity index (χ4n) is 4.89. The summed E-state index contributed by atoms with van der Waals surface area (Å²) >= 11 is 0. The molecular formula is C27H37N7O3. The van der Waals surface area contributed by atoms with Crippen molar-refractivity contribution in [3.05, 3.63) is 54.2 Å². The van der Waals surface area contributed by atoms with Crippen molar-refractivity contribution in [1.82, 2.24) is 30.5 Å². The maximum atomic E-state index is 13.3. The molecule has 1 aliphatic heterocycles. The van der Waals surface area contributed by atoms with E-state index in [2.05, 4.69) is 25.6 Å². The van der Waals surface area contributed by atoms with E-state index in [-0.39, 0.29) is 36.7 Å². The van der Waals surface area contributed by atoms with Gasteiger partial charge in [0.05, 0.1) is 24.2 Å². The predicted octanol–water partition coefficient (Wildman–Crippen LogP) is 1.36. The number of hydrogen-bond acceptors (Lipinski definition) is 5. The third-order valence-electron chi connectivity index (χ3n) is 7.46. The van der Waals surface area contributed by atoms with Crippen molar-refractivity contribution >= 4 is 28.6 Å². The Hall–Kier alpha value is -3.66. The summed E-state index contributed by atoms with van der Waals surface area (Å²) in [6, 6.07) is 7.37. The number of rotatable bonds is 11. The normalized spacial score (nSPS) is 19.1. The van der Waals surface area contributed by atoms with Gasteiger partial charge in [-0.2, -0.15) is 0 Å². The van der Waals surface area contributed by atoms with Crippen molar-refractivity contribution in [3.63, 3.8) is 0 Å². The Morgan fingerprint density at radius 1 is 1.08 bits per heavy atom. The Kier molecular flexibility index (Phi) is 8.60. The van der Waals surface area contributed by atoms with Crippen LogP contribution in [0.15, 0.2) is 43.0 Å². The highest BCUT2D eigenvalue weighted by atomic mass is 16.2. The predicted molar refractivity (Wildman–Crippen MR) is 141 cm³/mol. The van der Waals surface area contributed by atoms with E-state index in [9.17, 15) is 14.4 Å². The first-order valence-electron chi connectivity index (χ1n) is 13.0. The Bertz CT molecular complexity index is 1210. The number of H-pyrrole nitrogens is 2. The standard InChI is InChI=1S/C27H37N7O3/c1-3-17(2)24(28)27(37)34-14-21(22(15-34)26(36)31-11-9-19-13-29-16-33-19)25(35)30-10-8-18-12-32-23-7-5-4-6-20(18)23/h4-7,12-13,16-17,21-22,24,32H,3,8-11,14-15,28H2,1-2H3,(H,29,33)(H,30,35)(H,31,36)/t17-,21+,22+,24-/m0/s1. The van der Waals surface area contributed by atoms with E-state index in [0.717, 1.165) is 28.6 Å². The molecule has 3 heterocycles. The van der Waals surface area contributed by atoms with Gasteiger partial charge >= 0.3 is 0 Å². The Balaban J connectivity index is 1.39. The molecule has 0 saturated carbocycles. The summed E-state index contributed by atoms with van der Waals surface area (Å²) in [7, 11) is 0. The van der Waals surface area contributed by atoms with Crippen molar-refractivity contribution in [2.45, 2.75) is 39.2 Å². The molecule has 10 heteroatoms. The minimum absolute atomic E-state index is 0.0123. The zero-order valence-electron chi connectivity index (χ0n) is 21.5. The largest absolute Gasteiger partial charge is 0.361 e. The summed E-state index contributed by atoms with van der Waals surface area (Å²) in [6.45, 7) is 5.13. The highest BCUT2D eigenvalue weighted by Crippen LogP contribution is 2.26. The average Bonchev–Trinajstić information content (AvgIpc) is 3.67. The van der Waals surface area contributed by atoms with E-state index >= 15 is 0 Å². The van der Waals surface area contributed by atoms with E-state index in [4.69, 9.17) is 5.73 Å². The van der Waals surface area contributed by atoms with Crippen molar-refractivity contribution in [2.24, 2.45) is 23.5 Å². The molecule has 4 atom stereocenters. The van der Waals surface area contributed by atoms with E-state index in [0.29, 0.717) is 25.9 Å². The van der Waals surface area contributed by atoms with Gasteiger partial charge in [0.25, 0.3) is 0 Å². The highest BCUT2D eigenvalue weighted by Gasteiger charge is 2.44. The van der Waals surface area contributed by atoms with Crippen molar-refractivity contribution in [3.8, 4) is 0 Å². The molecule has 3 amide bonds. The molecule has 4 rings (SSSR count). The fourth-order valence-corrected chi connectivity index (χ4v) is 4.89. The van der Waals surface area contributed by atoms with E-state index in [1.807, 2.05) is 44.3 Å². The maximum Gasteiger partial charge on any atom is 0.239 e. The number of likely N-dealkylation sites (tertiary alicyclic amines) is 1. The van der Waals surface area contributed by atoms with Crippen LogP contribution in [-0.4, -0.2) is 69.8 Å². The molecule has 0 aliphatic carbocycles. The van der Waals surface area contributed by atoms with Crippen LogP contribution in [0.5, 0.6) is 0 Å². The van der Waals surface area contributed by atoms with Crippen LogP contribution in [-0.2, 0) is 27.2 Å². The first kappa shape index (κ1) is 26.4. The number of nitrogens with one attached hydrogen (secondary N) is 4. The van der Waals surface area contributed by atoms with Crippen LogP contribution in [0, 0.1) is 17.8 Å². The quantitative estimate of drug-likeness (QED) is 0.266. The van der Waals surface area contributed by atoms with Crippen LogP contribution in [0.4, 0.5) is 0 Å². The van der Waals surface area contributed by atoms with Gasteiger partial charge in [-0.25, -0.2) is 4.98 Å². The molecule has 1 fully saturated rings. The second-order valence-corrected chi connectivity index (χ2v) is 9.89. The molecule has 6 N–H and O–H groups in total. The number of imidazole rings is 1. The minimum atomic E-state index is -0.655. The molecule has 0 radical (unpaired) electrons. The summed E-state index contributed by atoms with van der Waals surface area (Å²) in [6.07, 6.45) is 7.29. The number of aromatic nitrogens is 3. The van der Waals surface area contributed by atoms with E-state index in [1.165, 1.54) is 0 Å². The number of aromatic amines is 2. The summed E-state index contributed by atoms with van der Waals surface area (Å²) in [4.78, 5) is 51.3. The van der Waals surface area contributed by atoms with Gasteiger partial charge in [-0.05, 0) is 24.0 Å². The first-order valence-corrected chi connectivity index (χ1v) is 13.0. The van der Waals surface area contributed by atoms with Crippen LogP contribution >= 0.6 is 0 Å². The van der Waals surface area contributed by atoms with E-state index in [1.54, 1.807) is 17.4 Å². The Morgan fingerprint density at radius 3 is 2.41 bits per heavy atom. The number of nitrogens with zero attached hydrogens (tertiary/aromatic N) is 2. The Morgan fingerprint density at radius 2 is 1.76 bits per heavy atom. The molecule has 3 aromatic rings. The number of carbonyl (C=O) groups excluding carboxylic acids is 3.